The Balaban J connectivity index is 3.08. The molecule has 0 atom stereocenters. The summed E-state index contributed by atoms with van der Waals surface area (Å²) in [5, 5.41) is 2.49. The number of benzene rings is 1. The van der Waals surface area contributed by atoms with Gasteiger partial charge < -0.3 is 10.1 Å². The van der Waals surface area contributed by atoms with Crippen molar-refractivity contribution in [1.29, 1.82) is 0 Å². The first-order valence-electron chi connectivity index (χ1n) is 6.69. The lowest BCUT2D eigenvalue weighted by atomic mass is 10.1. The summed E-state index contributed by atoms with van der Waals surface area (Å²) in [6, 6.07) is 5.69. The van der Waals surface area contributed by atoms with Gasteiger partial charge in [0.25, 0.3) is 0 Å². The van der Waals surface area contributed by atoms with Crippen LogP contribution in [0, 0.1) is 6.92 Å². The maximum absolute atomic E-state index is 12.1. The molecule has 0 aliphatic carbocycles. The van der Waals surface area contributed by atoms with Gasteiger partial charge in [-0.3, -0.25) is 4.31 Å². The molecule has 6 nitrogen and oxygen atoms in total. The van der Waals surface area contributed by atoms with Crippen molar-refractivity contribution >= 4 is 21.8 Å². The molecule has 0 aromatic heterocycles. The number of para-hydroxylation sites is 1. The number of hydrogen-bond donors (Lipinski definition) is 1. The van der Waals surface area contributed by atoms with Crippen molar-refractivity contribution in [3.63, 3.8) is 0 Å². The number of rotatable bonds is 6. The second-order valence-electron chi connectivity index (χ2n) is 4.69. The number of hydrogen-bond acceptors (Lipinski definition) is 4. The third kappa shape index (κ3) is 4.63. The minimum atomic E-state index is -3.44. The molecule has 1 N–H and O–H groups in total. The number of methoxy groups -OCH3 is 1. The van der Waals surface area contributed by atoms with Crippen LogP contribution < -0.4 is 9.62 Å². The van der Waals surface area contributed by atoms with Gasteiger partial charge in [0.15, 0.2) is 0 Å². The molecule has 0 spiro atoms. The quantitative estimate of drug-likeness (QED) is 0.867. The maximum atomic E-state index is 12.1. The number of alkyl carbamates (subject to hydrolysis) is 1. The Morgan fingerprint density at radius 1 is 1.38 bits per heavy atom. The Hall–Kier alpha value is -1.76. The number of sulfonamides is 1. The summed E-state index contributed by atoms with van der Waals surface area (Å²) in [5.41, 5.74) is 2.53. The average molecular weight is 314 g/mol. The summed E-state index contributed by atoms with van der Waals surface area (Å²) in [6.45, 7) is 4.19. The molecular formula is C14H22N2O4S. The Bertz CT molecular complexity index is 599. The van der Waals surface area contributed by atoms with Crippen molar-refractivity contribution in [2.75, 3.05) is 30.8 Å². The summed E-state index contributed by atoms with van der Waals surface area (Å²) in [5.74, 6) is 0. The molecule has 0 heterocycles. The number of aryl methyl sites for hydroxylation is 2. The van der Waals surface area contributed by atoms with Gasteiger partial charge in [0.2, 0.25) is 10.0 Å². The normalized spacial score (nSPS) is 11.0. The molecule has 0 saturated heterocycles. The highest BCUT2D eigenvalue weighted by molar-refractivity contribution is 7.92. The van der Waals surface area contributed by atoms with E-state index in [0.717, 1.165) is 23.8 Å². The maximum Gasteiger partial charge on any atom is 0.406 e. The van der Waals surface area contributed by atoms with Gasteiger partial charge in [-0.25, -0.2) is 13.2 Å². The fourth-order valence-electron chi connectivity index (χ4n) is 2.14. The lowest BCUT2D eigenvalue weighted by molar-refractivity contribution is 0.171. The summed E-state index contributed by atoms with van der Waals surface area (Å²) >= 11 is 0. The lowest BCUT2D eigenvalue weighted by Gasteiger charge is -2.26. The fraction of sp³-hybridized carbons (Fsp3) is 0.500. The van der Waals surface area contributed by atoms with E-state index in [2.05, 4.69) is 10.1 Å². The zero-order valence-corrected chi connectivity index (χ0v) is 13.7. The van der Waals surface area contributed by atoms with Crippen LogP contribution in [0.25, 0.3) is 0 Å². The summed E-state index contributed by atoms with van der Waals surface area (Å²) in [7, 11) is -2.17. The molecule has 1 aromatic rings. The fourth-order valence-corrected chi connectivity index (χ4v) is 3.15. The summed E-state index contributed by atoms with van der Waals surface area (Å²) in [6.07, 6.45) is 1.31. The number of amides is 1. The number of carbonyl (C=O) groups excluding carboxylic acids is 1. The van der Waals surface area contributed by atoms with Crippen LogP contribution in [0.4, 0.5) is 10.5 Å². The Morgan fingerprint density at radius 3 is 2.57 bits per heavy atom. The van der Waals surface area contributed by atoms with Crippen molar-refractivity contribution < 1.29 is 17.9 Å². The van der Waals surface area contributed by atoms with E-state index in [-0.39, 0.29) is 13.1 Å². The van der Waals surface area contributed by atoms with E-state index in [0.29, 0.717) is 5.69 Å². The predicted octanol–water partition coefficient (Wildman–Crippen LogP) is 1.68. The highest BCUT2D eigenvalue weighted by Crippen LogP contribution is 2.27. The van der Waals surface area contributed by atoms with E-state index in [1.165, 1.54) is 11.4 Å². The Morgan fingerprint density at radius 2 is 2.05 bits per heavy atom. The van der Waals surface area contributed by atoms with Gasteiger partial charge in [-0.1, -0.05) is 25.1 Å². The van der Waals surface area contributed by atoms with Crippen molar-refractivity contribution in [1.82, 2.24) is 5.32 Å². The molecular weight excluding hydrogens is 292 g/mol. The summed E-state index contributed by atoms with van der Waals surface area (Å²) in [4.78, 5) is 11.1. The first-order chi connectivity index (χ1) is 9.81. The van der Waals surface area contributed by atoms with E-state index in [1.54, 1.807) is 0 Å². The molecule has 0 aliphatic rings. The van der Waals surface area contributed by atoms with Crippen LogP contribution in [0.3, 0.4) is 0 Å². The second-order valence-corrected chi connectivity index (χ2v) is 6.60. The molecule has 0 radical (unpaired) electrons. The molecule has 1 amide bonds. The topological polar surface area (TPSA) is 75.7 Å². The van der Waals surface area contributed by atoms with E-state index in [9.17, 15) is 13.2 Å². The minimum absolute atomic E-state index is 0.159. The van der Waals surface area contributed by atoms with Gasteiger partial charge in [0.05, 0.1) is 25.6 Å². The van der Waals surface area contributed by atoms with Crippen LogP contribution in [-0.2, 0) is 21.2 Å². The van der Waals surface area contributed by atoms with Gasteiger partial charge in [-0.05, 0) is 24.5 Å². The van der Waals surface area contributed by atoms with Gasteiger partial charge in [0, 0.05) is 6.54 Å². The highest BCUT2D eigenvalue weighted by Gasteiger charge is 2.21. The first kappa shape index (κ1) is 17.3. The molecule has 1 aromatic carbocycles. The monoisotopic (exact) mass is 314 g/mol. The zero-order chi connectivity index (χ0) is 16.0. The largest absolute Gasteiger partial charge is 0.453 e. The van der Waals surface area contributed by atoms with Crippen LogP contribution in [0.15, 0.2) is 18.2 Å². The predicted molar refractivity (Wildman–Crippen MR) is 83.2 cm³/mol. The highest BCUT2D eigenvalue weighted by atomic mass is 32.2. The van der Waals surface area contributed by atoms with E-state index in [1.807, 2.05) is 32.0 Å². The number of nitrogens with one attached hydrogen (secondary N) is 1. The number of ether oxygens (including phenoxy) is 1. The molecule has 21 heavy (non-hydrogen) atoms. The summed E-state index contributed by atoms with van der Waals surface area (Å²) < 4.78 is 30.0. The van der Waals surface area contributed by atoms with E-state index in [4.69, 9.17) is 0 Å². The SMILES string of the molecule is CCc1cccc(C)c1N(CCNC(=O)OC)S(C)(=O)=O. The van der Waals surface area contributed by atoms with Gasteiger partial charge in [0.1, 0.15) is 0 Å². The Labute approximate surface area is 126 Å². The second kappa shape index (κ2) is 7.31. The van der Waals surface area contributed by atoms with Crippen molar-refractivity contribution in [3.8, 4) is 0 Å². The standard InChI is InChI=1S/C14H22N2O4S/c1-5-12-8-6-7-11(2)13(12)16(21(4,18)19)10-9-15-14(17)20-3/h6-8H,5,9-10H2,1-4H3,(H,15,17). The minimum Gasteiger partial charge on any atom is -0.453 e. The van der Waals surface area contributed by atoms with Crippen LogP contribution in [0.5, 0.6) is 0 Å². The molecule has 0 saturated carbocycles. The Kier molecular flexibility index (Phi) is 6.02. The van der Waals surface area contributed by atoms with Gasteiger partial charge in [-0.2, -0.15) is 0 Å². The van der Waals surface area contributed by atoms with Crippen molar-refractivity contribution in [3.05, 3.63) is 29.3 Å². The van der Waals surface area contributed by atoms with Crippen molar-refractivity contribution in [2.24, 2.45) is 0 Å². The van der Waals surface area contributed by atoms with Crippen LogP contribution >= 0.6 is 0 Å². The molecule has 0 unspecified atom stereocenters. The van der Waals surface area contributed by atoms with Gasteiger partial charge >= 0.3 is 6.09 Å². The lowest BCUT2D eigenvalue weighted by Crippen LogP contribution is -2.39. The van der Waals surface area contributed by atoms with Crippen LogP contribution in [0.2, 0.25) is 0 Å². The van der Waals surface area contributed by atoms with E-state index >= 15 is 0 Å². The molecule has 118 valence electrons. The molecule has 7 heteroatoms. The van der Waals surface area contributed by atoms with Gasteiger partial charge in [-0.15, -0.1) is 0 Å². The molecule has 1 rings (SSSR count). The molecule has 0 fully saturated rings. The molecule has 0 bridgehead atoms. The smallest absolute Gasteiger partial charge is 0.406 e. The number of carbonyl (C=O) groups is 1. The third-order valence-electron chi connectivity index (χ3n) is 3.12. The third-order valence-corrected chi connectivity index (χ3v) is 4.29. The van der Waals surface area contributed by atoms with E-state index < -0.39 is 16.1 Å². The number of anilines is 1. The van der Waals surface area contributed by atoms with Crippen LogP contribution in [0.1, 0.15) is 18.1 Å². The zero-order valence-electron chi connectivity index (χ0n) is 12.8. The van der Waals surface area contributed by atoms with Crippen molar-refractivity contribution in [2.45, 2.75) is 20.3 Å². The van der Waals surface area contributed by atoms with Crippen LogP contribution in [-0.4, -0.2) is 41.0 Å². The first-order valence-corrected chi connectivity index (χ1v) is 8.54. The molecule has 0 aliphatic heterocycles. The number of nitrogens with zero attached hydrogens (tertiary/aromatic N) is 1. The average Bonchev–Trinajstić information content (AvgIpc) is 2.42.